The predicted octanol–water partition coefficient (Wildman–Crippen LogP) is 3.85. The van der Waals surface area contributed by atoms with E-state index in [4.69, 9.17) is 0 Å². The average molecular weight is 299 g/mol. The van der Waals surface area contributed by atoms with Crippen LogP contribution in [0, 0.1) is 0 Å². The van der Waals surface area contributed by atoms with E-state index in [1.54, 1.807) is 11.3 Å². The quantitative estimate of drug-likeness (QED) is 0.933. The minimum atomic E-state index is 0.621. The van der Waals surface area contributed by atoms with E-state index >= 15 is 0 Å². The van der Waals surface area contributed by atoms with Crippen LogP contribution < -0.4 is 5.32 Å². The summed E-state index contributed by atoms with van der Waals surface area (Å²) in [7, 11) is 0. The Kier molecular flexibility index (Phi) is 3.65. The normalized spacial score (nSPS) is 25.7. The van der Waals surface area contributed by atoms with Crippen LogP contribution in [-0.4, -0.2) is 35.1 Å². The molecule has 0 bridgehead atoms. The number of aromatic nitrogens is 1. The summed E-state index contributed by atoms with van der Waals surface area (Å²) in [6.45, 7) is 2.57. The van der Waals surface area contributed by atoms with Gasteiger partial charge in [0.15, 0.2) is 0 Å². The van der Waals surface area contributed by atoms with E-state index in [9.17, 15) is 0 Å². The molecule has 4 heteroatoms. The number of benzene rings is 1. The molecule has 2 fully saturated rings. The molecule has 2 aromatic rings. The number of rotatable bonds is 3. The van der Waals surface area contributed by atoms with Crippen molar-refractivity contribution >= 4 is 17.0 Å². The highest BCUT2D eigenvalue weighted by Gasteiger charge is 2.31. The predicted molar refractivity (Wildman–Crippen MR) is 88.8 cm³/mol. The Bertz CT molecular complexity index is 596. The molecule has 2 aliphatic heterocycles. The van der Waals surface area contributed by atoms with Crippen molar-refractivity contribution in [2.75, 3.05) is 18.4 Å². The van der Waals surface area contributed by atoms with E-state index in [0.717, 1.165) is 11.0 Å². The highest BCUT2D eigenvalue weighted by atomic mass is 32.1. The molecule has 1 N–H and O–H groups in total. The van der Waals surface area contributed by atoms with Crippen molar-refractivity contribution in [2.45, 2.75) is 37.8 Å². The minimum absolute atomic E-state index is 0.621. The van der Waals surface area contributed by atoms with Crippen molar-refractivity contribution in [3.8, 4) is 10.6 Å². The van der Waals surface area contributed by atoms with Gasteiger partial charge in [0.1, 0.15) is 5.01 Å². The Hall–Kier alpha value is -1.39. The second-order valence-electron chi connectivity index (χ2n) is 6.12. The van der Waals surface area contributed by atoms with Gasteiger partial charge in [0.25, 0.3) is 0 Å². The number of nitrogens with one attached hydrogen (secondary N) is 1. The second kappa shape index (κ2) is 5.78. The van der Waals surface area contributed by atoms with Gasteiger partial charge in [-0.25, -0.2) is 4.98 Å². The molecular formula is C17H21N3S. The zero-order valence-corrected chi connectivity index (χ0v) is 13.0. The fraction of sp³-hybridized carbons (Fsp3) is 0.471. The summed E-state index contributed by atoms with van der Waals surface area (Å²) in [4.78, 5) is 7.07. The first kappa shape index (κ1) is 13.3. The molecule has 1 aromatic heterocycles. The van der Waals surface area contributed by atoms with Gasteiger partial charge in [0.05, 0.1) is 0 Å². The van der Waals surface area contributed by atoms with E-state index < -0.39 is 0 Å². The Morgan fingerprint density at radius 2 is 2.24 bits per heavy atom. The van der Waals surface area contributed by atoms with Gasteiger partial charge < -0.3 is 10.2 Å². The summed E-state index contributed by atoms with van der Waals surface area (Å²) >= 11 is 1.70. The first-order chi connectivity index (χ1) is 10.4. The molecule has 0 spiro atoms. The van der Waals surface area contributed by atoms with E-state index in [0.29, 0.717) is 6.04 Å². The zero-order valence-electron chi connectivity index (χ0n) is 12.2. The number of piperidine rings is 1. The lowest BCUT2D eigenvalue weighted by molar-refractivity contribution is 0.188. The SMILES string of the molecule is c1cc(NC2CCN3CCCC3C2)cc(-c2nccs2)c1. The minimum Gasteiger partial charge on any atom is -0.382 e. The zero-order chi connectivity index (χ0) is 14.1. The van der Waals surface area contributed by atoms with Gasteiger partial charge in [-0.05, 0) is 44.4 Å². The lowest BCUT2D eigenvalue weighted by Crippen LogP contribution is -2.42. The standard InChI is InChI=1S/C17H21N3S/c1-3-13(17-18-7-10-21-17)11-14(4-1)19-15-6-9-20-8-2-5-16(20)12-15/h1,3-4,7,10-11,15-16,19H,2,5-6,8-9,12H2. The lowest BCUT2D eigenvalue weighted by Gasteiger charge is -2.35. The van der Waals surface area contributed by atoms with Crippen LogP contribution in [-0.2, 0) is 0 Å². The molecule has 2 unspecified atom stereocenters. The molecule has 3 nitrogen and oxygen atoms in total. The first-order valence-electron chi connectivity index (χ1n) is 7.89. The number of thiazole rings is 1. The Labute approximate surface area is 130 Å². The van der Waals surface area contributed by atoms with Crippen LogP contribution in [0.5, 0.6) is 0 Å². The summed E-state index contributed by atoms with van der Waals surface area (Å²) in [6, 6.07) is 10.1. The highest BCUT2D eigenvalue weighted by molar-refractivity contribution is 7.13. The molecule has 110 valence electrons. The van der Waals surface area contributed by atoms with Crippen LogP contribution in [0.2, 0.25) is 0 Å². The largest absolute Gasteiger partial charge is 0.382 e. The fourth-order valence-corrected chi connectivity index (χ4v) is 4.33. The van der Waals surface area contributed by atoms with Gasteiger partial charge in [-0.15, -0.1) is 11.3 Å². The van der Waals surface area contributed by atoms with Gasteiger partial charge in [-0.2, -0.15) is 0 Å². The van der Waals surface area contributed by atoms with Crippen molar-refractivity contribution in [1.82, 2.24) is 9.88 Å². The third-order valence-corrected chi connectivity index (χ3v) is 5.56. The molecule has 2 saturated heterocycles. The van der Waals surface area contributed by atoms with Gasteiger partial charge in [0.2, 0.25) is 0 Å². The summed E-state index contributed by atoms with van der Waals surface area (Å²) in [5.41, 5.74) is 2.45. The summed E-state index contributed by atoms with van der Waals surface area (Å²) in [5, 5.41) is 6.88. The number of fused-ring (bicyclic) bond motifs is 1. The number of nitrogens with zero attached hydrogens (tertiary/aromatic N) is 2. The molecule has 2 atom stereocenters. The van der Waals surface area contributed by atoms with Crippen molar-refractivity contribution < 1.29 is 0 Å². The molecule has 0 saturated carbocycles. The summed E-state index contributed by atoms with van der Waals surface area (Å²) < 4.78 is 0. The highest BCUT2D eigenvalue weighted by Crippen LogP contribution is 2.30. The molecule has 3 heterocycles. The molecular weight excluding hydrogens is 278 g/mol. The first-order valence-corrected chi connectivity index (χ1v) is 8.77. The van der Waals surface area contributed by atoms with Crippen molar-refractivity contribution in [3.63, 3.8) is 0 Å². The van der Waals surface area contributed by atoms with Gasteiger partial charge in [-0.1, -0.05) is 12.1 Å². The lowest BCUT2D eigenvalue weighted by atomic mass is 9.97. The van der Waals surface area contributed by atoms with Gasteiger partial charge in [0, 0.05) is 41.5 Å². The Morgan fingerprint density at radius 1 is 1.24 bits per heavy atom. The molecule has 0 radical (unpaired) electrons. The maximum absolute atomic E-state index is 4.40. The third-order valence-electron chi connectivity index (χ3n) is 4.73. The number of hydrogen-bond acceptors (Lipinski definition) is 4. The van der Waals surface area contributed by atoms with Crippen molar-refractivity contribution in [1.29, 1.82) is 0 Å². The molecule has 1 aromatic carbocycles. The molecule has 4 rings (SSSR count). The second-order valence-corrected chi connectivity index (χ2v) is 7.01. The van der Waals surface area contributed by atoms with Gasteiger partial charge in [-0.3, -0.25) is 0 Å². The summed E-state index contributed by atoms with van der Waals surface area (Å²) in [6.07, 6.45) is 7.20. The molecule has 0 amide bonds. The molecule has 21 heavy (non-hydrogen) atoms. The van der Waals surface area contributed by atoms with E-state index in [1.807, 2.05) is 11.6 Å². The molecule has 0 aliphatic carbocycles. The van der Waals surface area contributed by atoms with Crippen LogP contribution in [0.15, 0.2) is 35.8 Å². The third kappa shape index (κ3) is 2.83. The van der Waals surface area contributed by atoms with Crippen LogP contribution in [0.25, 0.3) is 10.6 Å². The van der Waals surface area contributed by atoms with Crippen LogP contribution in [0.1, 0.15) is 25.7 Å². The van der Waals surface area contributed by atoms with E-state index in [1.165, 1.54) is 50.0 Å². The maximum Gasteiger partial charge on any atom is 0.123 e. The summed E-state index contributed by atoms with van der Waals surface area (Å²) in [5.74, 6) is 0. The Balaban J connectivity index is 1.46. The van der Waals surface area contributed by atoms with Crippen LogP contribution in [0.4, 0.5) is 5.69 Å². The van der Waals surface area contributed by atoms with Crippen molar-refractivity contribution in [3.05, 3.63) is 35.8 Å². The topological polar surface area (TPSA) is 28.2 Å². The number of hydrogen-bond donors (Lipinski definition) is 1. The Morgan fingerprint density at radius 3 is 3.14 bits per heavy atom. The number of anilines is 1. The monoisotopic (exact) mass is 299 g/mol. The maximum atomic E-state index is 4.40. The van der Waals surface area contributed by atoms with Crippen molar-refractivity contribution in [2.24, 2.45) is 0 Å². The molecule has 2 aliphatic rings. The van der Waals surface area contributed by atoms with E-state index in [-0.39, 0.29) is 0 Å². The smallest absolute Gasteiger partial charge is 0.123 e. The van der Waals surface area contributed by atoms with Crippen LogP contribution in [0.3, 0.4) is 0 Å². The van der Waals surface area contributed by atoms with Gasteiger partial charge >= 0.3 is 0 Å². The van der Waals surface area contributed by atoms with E-state index in [2.05, 4.69) is 39.5 Å². The average Bonchev–Trinajstić information content (AvgIpc) is 3.18. The van der Waals surface area contributed by atoms with Crippen LogP contribution >= 0.6 is 11.3 Å². The fourth-order valence-electron chi connectivity index (χ4n) is 3.70.